The van der Waals surface area contributed by atoms with E-state index in [1.165, 1.54) is 42.3 Å². The number of pyridine rings is 1. The quantitative estimate of drug-likeness (QED) is 0.147. The van der Waals surface area contributed by atoms with Crippen LogP contribution in [0.1, 0.15) is 56.1 Å². The molecule has 0 N–H and O–H groups in total. The number of rotatable bonds is 12. The van der Waals surface area contributed by atoms with Gasteiger partial charge < -0.3 is 4.90 Å². The molecule has 1 fully saturated rings. The first-order valence-corrected chi connectivity index (χ1v) is 15.8. The second-order valence-corrected chi connectivity index (χ2v) is 12.7. The molecule has 1 aliphatic rings. The number of hydrogen-bond donors (Lipinski definition) is 0. The number of halogens is 1. The third kappa shape index (κ3) is 6.62. The van der Waals surface area contributed by atoms with Crippen molar-refractivity contribution in [2.24, 2.45) is 0 Å². The lowest BCUT2D eigenvalue weighted by atomic mass is 9.94. The Balaban J connectivity index is 1.36. The zero-order chi connectivity index (χ0) is 28.0. The average molecular weight is 563 g/mol. The molecule has 0 atom stereocenters. The maximum atomic E-state index is 14.6. The summed E-state index contributed by atoms with van der Waals surface area (Å²) >= 11 is 0. The number of para-hydroxylation sites is 1. The van der Waals surface area contributed by atoms with Gasteiger partial charge in [0.2, 0.25) is 5.95 Å². The van der Waals surface area contributed by atoms with Crippen LogP contribution in [-0.4, -0.2) is 53.4 Å². The Hall–Kier alpha value is -3.07. The molecular formula is C32H39FN4O2S. The average Bonchev–Trinajstić information content (AvgIpc) is 3.36. The van der Waals surface area contributed by atoms with Crippen LogP contribution in [0.4, 0.5) is 4.39 Å². The first-order valence-electron chi connectivity index (χ1n) is 14.3. The van der Waals surface area contributed by atoms with Gasteiger partial charge in [-0.15, -0.1) is 0 Å². The van der Waals surface area contributed by atoms with Gasteiger partial charge >= 0.3 is 0 Å². The molecule has 0 unspecified atom stereocenters. The second kappa shape index (κ2) is 13.1. The molecule has 2 aromatic carbocycles. The molecule has 8 heteroatoms. The maximum Gasteiger partial charge on any atom is 0.268 e. The van der Waals surface area contributed by atoms with Gasteiger partial charge in [0.05, 0.1) is 10.4 Å². The van der Waals surface area contributed by atoms with Crippen LogP contribution in [0, 0.1) is 5.95 Å². The number of fused-ring (bicyclic) bond motifs is 1. The fraction of sp³-hybridized carbons (Fsp3) is 0.406. The topological polar surface area (TPSA) is 58.4 Å². The highest BCUT2D eigenvalue weighted by atomic mass is 32.2. The van der Waals surface area contributed by atoms with E-state index >= 15 is 0 Å². The molecule has 0 bridgehead atoms. The Morgan fingerprint density at radius 1 is 0.875 bits per heavy atom. The first-order chi connectivity index (χ1) is 19.4. The predicted octanol–water partition coefficient (Wildman–Crippen LogP) is 6.46. The van der Waals surface area contributed by atoms with E-state index in [-0.39, 0.29) is 4.90 Å². The van der Waals surface area contributed by atoms with Gasteiger partial charge in [-0.25, -0.2) is 17.4 Å². The molecule has 1 aliphatic carbocycles. The van der Waals surface area contributed by atoms with E-state index in [1.54, 1.807) is 48.7 Å². The minimum Gasteiger partial charge on any atom is -0.303 e. The summed E-state index contributed by atoms with van der Waals surface area (Å²) in [7, 11) is -1.53. The van der Waals surface area contributed by atoms with E-state index < -0.39 is 16.0 Å². The third-order valence-electron chi connectivity index (χ3n) is 8.12. The summed E-state index contributed by atoms with van der Waals surface area (Å²) in [5.74, 6) is -0.460. The van der Waals surface area contributed by atoms with Gasteiger partial charge in [0.15, 0.2) is 0 Å². The van der Waals surface area contributed by atoms with Crippen LogP contribution in [0.3, 0.4) is 0 Å². The molecular weight excluding hydrogens is 523 g/mol. The number of hydrogen-bond acceptors (Lipinski definition) is 5. The van der Waals surface area contributed by atoms with Crippen LogP contribution in [0.15, 0.2) is 84.0 Å². The summed E-state index contributed by atoms with van der Waals surface area (Å²) in [6, 6.07) is 20.3. The lowest BCUT2D eigenvalue weighted by Gasteiger charge is -2.31. The zero-order valence-electron chi connectivity index (χ0n) is 23.3. The SMILES string of the molecule is CN(CCCCN(Cc1cccnc1F)Cc1cn(S(=O)(=O)c2ccccc2)c2ccccc12)C1CCCCC1. The van der Waals surface area contributed by atoms with E-state index in [9.17, 15) is 12.8 Å². The standard InChI is InChI=1S/C32H39FN4O2S/c1-35(28-14-4-2-5-15-28)21-10-11-22-36(23-26-13-12-20-34-32(26)33)24-27-25-37(31-19-9-8-18-30(27)31)40(38,39)29-16-6-3-7-17-29/h3,6-9,12-13,16-20,25,28H,2,4-5,10-11,14-15,21-24H2,1H3. The van der Waals surface area contributed by atoms with Crippen molar-refractivity contribution in [2.45, 2.75) is 69.0 Å². The highest BCUT2D eigenvalue weighted by Crippen LogP contribution is 2.28. The molecule has 4 aromatic rings. The zero-order valence-corrected chi connectivity index (χ0v) is 24.1. The van der Waals surface area contributed by atoms with Crippen molar-refractivity contribution in [1.29, 1.82) is 0 Å². The molecule has 212 valence electrons. The summed E-state index contributed by atoms with van der Waals surface area (Å²) in [6.45, 7) is 2.74. The molecule has 5 rings (SSSR count). The van der Waals surface area contributed by atoms with Crippen LogP contribution in [-0.2, 0) is 23.1 Å². The van der Waals surface area contributed by atoms with Gasteiger partial charge in [-0.05, 0) is 75.6 Å². The summed E-state index contributed by atoms with van der Waals surface area (Å²) < 4.78 is 43.1. The Bertz CT molecular complexity index is 1500. The van der Waals surface area contributed by atoms with E-state index in [2.05, 4.69) is 21.8 Å². The largest absolute Gasteiger partial charge is 0.303 e. The van der Waals surface area contributed by atoms with E-state index in [4.69, 9.17) is 0 Å². The van der Waals surface area contributed by atoms with Gasteiger partial charge in [0.1, 0.15) is 0 Å². The lowest BCUT2D eigenvalue weighted by molar-refractivity contribution is 0.182. The Labute approximate surface area is 237 Å². The van der Waals surface area contributed by atoms with Gasteiger partial charge in [0, 0.05) is 42.5 Å². The second-order valence-electron chi connectivity index (χ2n) is 10.9. The van der Waals surface area contributed by atoms with Crippen molar-refractivity contribution >= 4 is 20.9 Å². The minimum atomic E-state index is -3.76. The van der Waals surface area contributed by atoms with Crippen molar-refractivity contribution in [3.63, 3.8) is 0 Å². The Kier molecular flexibility index (Phi) is 9.29. The van der Waals surface area contributed by atoms with Crippen molar-refractivity contribution in [2.75, 3.05) is 20.1 Å². The van der Waals surface area contributed by atoms with Crippen LogP contribution < -0.4 is 0 Å². The number of benzene rings is 2. The monoisotopic (exact) mass is 562 g/mol. The van der Waals surface area contributed by atoms with Gasteiger partial charge in [-0.3, -0.25) is 4.90 Å². The van der Waals surface area contributed by atoms with Gasteiger partial charge in [0.25, 0.3) is 10.0 Å². The fourth-order valence-corrected chi connectivity index (χ4v) is 7.30. The van der Waals surface area contributed by atoms with Crippen molar-refractivity contribution in [1.82, 2.24) is 18.8 Å². The Morgan fingerprint density at radius 2 is 1.57 bits per heavy atom. The maximum absolute atomic E-state index is 14.6. The third-order valence-corrected chi connectivity index (χ3v) is 9.81. The summed E-state index contributed by atoms with van der Waals surface area (Å²) in [4.78, 5) is 8.81. The van der Waals surface area contributed by atoms with Crippen LogP contribution in [0.2, 0.25) is 0 Å². The predicted molar refractivity (Wildman–Crippen MR) is 158 cm³/mol. The summed E-state index contributed by atoms with van der Waals surface area (Å²) in [5.41, 5.74) is 2.09. The summed E-state index contributed by atoms with van der Waals surface area (Å²) in [5, 5.41) is 0.885. The fourth-order valence-electron chi connectivity index (χ4n) is 5.88. The molecule has 6 nitrogen and oxygen atoms in total. The normalized spacial score (nSPS) is 14.9. The van der Waals surface area contributed by atoms with E-state index in [0.29, 0.717) is 30.2 Å². The highest BCUT2D eigenvalue weighted by molar-refractivity contribution is 7.90. The molecule has 0 saturated heterocycles. The Morgan fingerprint density at radius 3 is 2.35 bits per heavy atom. The van der Waals surface area contributed by atoms with Crippen LogP contribution in [0.25, 0.3) is 10.9 Å². The van der Waals surface area contributed by atoms with Crippen LogP contribution >= 0.6 is 0 Å². The molecule has 2 heterocycles. The number of aromatic nitrogens is 2. The lowest BCUT2D eigenvalue weighted by Crippen LogP contribution is -2.34. The number of nitrogens with zero attached hydrogens (tertiary/aromatic N) is 4. The summed E-state index contributed by atoms with van der Waals surface area (Å²) in [6.07, 6.45) is 11.8. The first kappa shape index (κ1) is 28.5. The molecule has 1 saturated carbocycles. The minimum absolute atomic E-state index is 0.249. The van der Waals surface area contributed by atoms with Gasteiger partial charge in [-0.2, -0.15) is 4.39 Å². The molecule has 0 amide bonds. The molecule has 40 heavy (non-hydrogen) atoms. The molecule has 2 aromatic heterocycles. The molecule has 0 spiro atoms. The van der Waals surface area contributed by atoms with Gasteiger partial charge in [-0.1, -0.05) is 61.7 Å². The van der Waals surface area contributed by atoms with Crippen LogP contribution in [0.5, 0.6) is 0 Å². The van der Waals surface area contributed by atoms with Crippen molar-refractivity contribution in [3.8, 4) is 0 Å². The number of unbranched alkanes of at least 4 members (excludes halogenated alkanes) is 1. The van der Waals surface area contributed by atoms with E-state index in [0.717, 1.165) is 36.9 Å². The van der Waals surface area contributed by atoms with Crippen molar-refractivity contribution in [3.05, 3.63) is 96.2 Å². The highest BCUT2D eigenvalue weighted by Gasteiger charge is 2.23. The van der Waals surface area contributed by atoms with Crippen molar-refractivity contribution < 1.29 is 12.8 Å². The van der Waals surface area contributed by atoms with E-state index in [1.807, 2.05) is 24.3 Å². The smallest absolute Gasteiger partial charge is 0.268 e. The molecule has 0 aliphatic heterocycles. The molecule has 0 radical (unpaired) electrons.